The van der Waals surface area contributed by atoms with Crippen molar-refractivity contribution in [2.45, 2.75) is 17.2 Å². The lowest BCUT2D eigenvalue weighted by Crippen LogP contribution is -2.26. The first-order chi connectivity index (χ1) is 9.31. The van der Waals surface area contributed by atoms with E-state index in [1.165, 1.54) is 6.20 Å². The number of anilines is 1. The van der Waals surface area contributed by atoms with E-state index < -0.39 is 26.7 Å². The van der Waals surface area contributed by atoms with Gasteiger partial charge in [0.15, 0.2) is 5.00 Å². The molecular weight excluding hydrogens is 306 g/mol. The van der Waals surface area contributed by atoms with Crippen LogP contribution in [-0.2, 0) is 10.0 Å². The number of nitrogens with one attached hydrogen (secondary N) is 2. The van der Waals surface area contributed by atoms with Gasteiger partial charge in [0.25, 0.3) is 10.0 Å². The fourth-order valence-electron chi connectivity index (χ4n) is 1.50. The average Bonchev–Trinajstić information content (AvgIpc) is 2.96. The van der Waals surface area contributed by atoms with Crippen molar-refractivity contribution in [2.75, 3.05) is 5.73 Å². The normalized spacial score (nSPS) is 13.2. The number of H-pyrrole nitrogens is 1. The molecule has 0 spiro atoms. The van der Waals surface area contributed by atoms with Crippen LogP contribution in [0.3, 0.4) is 0 Å². The first kappa shape index (κ1) is 14.4. The van der Waals surface area contributed by atoms with Crippen LogP contribution in [0, 0.1) is 10.1 Å². The molecule has 0 saturated carbocycles. The number of nitro groups is 1. The highest BCUT2D eigenvalue weighted by Gasteiger charge is 2.26. The highest BCUT2D eigenvalue weighted by Crippen LogP contribution is 2.34. The molecule has 0 fully saturated rings. The standard InChI is InChI=1S/C9H11N5O4S2/c1-5(6-3-11-12-4-6)13-20(17,18)8-2-7(14(15)16)9(10)19-8/h2-5,13H,10H2,1H3,(H,11,12). The Hall–Kier alpha value is -1.98. The Balaban J connectivity index is 2.27. The molecule has 11 heteroatoms. The summed E-state index contributed by atoms with van der Waals surface area (Å²) in [6.45, 7) is 1.63. The van der Waals surface area contributed by atoms with Gasteiger partial charge < -0.3 is 5.73 Å². The van der Waals surface area contributed by atoms with Crippen molar-refractivity contribution in [3.8, 4) is 0 Å². The number of aromatic amines is 1. The average molecular weight is 317 g/mol. The summed E-state index contributed by atoms with van der Waals surface area (Å²) < 4.78 is 26.4. The number of sulfonamides is 1. The molecule has 0 aliphatic heterocycles. The molecule has 0 bridgehead atoms. The van der Waals surface area contributed by atoms with Gasteiger partial charge in [0.2, 0.25) is 0 Å². The number of nitrogens with zero attached hydrogens (tertiary/aromatic N) is 2. The third-order valence-corrected chi connectivity index (χ3v) is 5.50. The van der Waals surface area contributed by atoms with Crippen LogP contribution in [0.25, 0.3) is 0 Å². The zero-order valence-electron chi connectivity index (χ0n) is 10.2. The van der Waals surface area contributed by atoms with Crippen molar-refractivity contribution in [1.29, 1.82) is 0 Å². The maximum absolute atomic E-state index is 12.1. The molecule has 9 nitrogen and oxygen atoms in total. The van der Waals surface area contributed by atoms with Gasteiger partial charge in [-0.05, 0) is 6.92 Å². The predicted molar refractivity (Wildman–Crippen MR) is 72.7 cm³/mol. The summed E-state index contributed by atoms with van der Waals surface area (Å²) in [5.41, 5.74) is 5.67. The summed E-state index contributed by atoms with van der Waals surface area (Å²) in [6.07, 6.45) is 3.04. The van der Waals surface area contributed by atoms with Crippen molar-refractivity contribution < 1.29 is 13.3 Å². The van der Waals surface area contributed by atoms with Crippen LogP contribution in [-0.4, -0.2) is 23.5 Å². The molecule has 108 valence electrons. The fraction of sp³-hybridized carbons (Fsp3) is 0.222. The van der Waals surface area contributed by atoms with Gasteiger partial charge in [0, 0.05) is 23.9 Å². The lowest BCUT2D eigenvalue weighted by atomic mass is 10.2. The molecule has 1 unspecified atom stereocenters. The molecule has 0 radical (unpaired) electrons. The number of aromatic nitrogens is 2. The first-order valence-electron chi connectivity index (χ1n) is 5.36. The topological polar surface area (TPSA) is 144 Å². The van der Waals surface area contributed by atoms with Gasteiger partial charge in [-0.3, -0.25) is 15.2 Å². The minimum atomic E-state index is -3.88. The minimum absolute atomic E-state index is 0.147. The van der Waals surface area contributed by atoms with E-state index >= 15 is 0 Å². The second-order valence-electron chi connectivity index (χ2n) is 3.95. The van der Waals surface area contributed by atoms with Gasteiger partial charge in [-0.1, -0.05) is 11.3 Å². The fourth-order valence-corrected chi connectivity index (χ4v) is 3.97. The molecule has 2 heterocycles. The molecule has 0 amide bonds. The van der Waals surface area contributed by atoms with Crippen LogP contribution in [0.2, 0.25) is 0 Å². The number of thiophene rings is 1. The second kappa shape index (κ2) is 5.19. The molecule has 20 heavy (non-hydrogen) atoms. The Labute approximate surface area is 118 Å². The summed E-state index contributed by atoms with van der Waals surface area (Å²) in [4.78, 5) is 9.96. The van der Waals surface area contributed by atoms with Gasteiger partial charge in [0.05, 0.1) is 11.1 Å². The Morgan fingerprint density at radius 1 is 1.60 bits per heavy atom. The SMILES string of the molecule is CC(NS(=O)(=O)c1cc([N+](=O)[O-])c(N)s1)c1cn[nH]c1. The van der Waals surface area contributed by atoms with E-state index in [-0.39, 0.29) is 9.21 Å². The molecule has 2 rings (SSSR count). The van der Waals surface area contributed by atoms with Crippen molar-refractivity contribution >= 4 is 32.0 Å². The Morgan fingerprint density at radius 3 is 2.80 bits per heavy atom. The van der Waals surface area contributed by atoms with E-state index in [9.17, 15) is 18.5 Å². The summed E-state index contributed by atoms with van der Waals surface area (Å²) in [5, 5.41) is 16.8. The van der Waals surface area contributed by atoms with E-state index in [0.717, 1.165) is 6.07 Å². The summed E-state index contributed by atoms with van der Waals surface area (Å²) in [5.74, 6) is 0. The number of nitrogen functional groups attached to an aromatic ring is 1. The number of hydrogen-bond acceptors (Lipinski definition) is 7. The minimum Gasteiger partial charge on any atom is -0.385 e. The molecule has 0 saturated heterocycles. The monoisotopic (exact) mass is 317 g/mol. The van der Waals surface area contributed by atoms with Gasteiger partial charge in [0.1, 0.15) is 4.21 Å². The predicted octanol–water partition coefficient (Wildman–Crippen LogP) is 1.00. The largest absolute Gasteiger partial charge is 0.385 e. The number of rotatable bonds is 5. The van der Waals surface area contributed by atoms with E-state index in [2.05, 4.69) is 14.9 Å². The number of nitrogens with two attached hydrogens (primary N) is 1. The molecule has 0 aromatic carbocycles. The third kappa shape index (κ3) is 2.79. The summed E-state index contributed by atoms with van der Waals surface area (Å²) >= 11 is 0.651. The van der Waals surface area contributed by atoms with Crippen molar-refractivity contribution in [2.24, 2.45) is 0 Å². The Bertz CT molecular complexity index is 722. The van der Waals surface area contributed by atoms with Crippen LogP contribution in [0.1, 0.15) is 18.5 Å². The van der Waals surface area contributed by atoms with Crippen LogP contribution < -0.4 is 10.5 Å². The van der Waals surface area contributed by atoms with E-state index in [4.69, 9.17) is 5.73 Å². The van der Waals surface area contributed by atoms with Gasteiger partial charge in [-0.25, -0.2) is 13.1 Å². The van der Waals surface area contributed by atoms with E-state index in [1.54, 1.807) is 13.1 Å². The molecule has 4 N–H and O–H groups in total. The molecule has 2 aromatic heterocycles. The van der Waals surface area contributed by atoms with Crippen LogP contribution in [0.5, 0.6) is 0 Å². The summed E-state index contributed by atoms with van der Waals surface area (Å²) in [7, 11) is -3.88. The van der Waals surface area contributed by atoms with Crippen molar-refractivity contribution in [3.63, 3.8) is 0 Å². The van der Waals surface area contributed by atoms with Crippen molar-refractivity contribution in [1.82, 2.24) is 14.9 Å². The molecule has 1 atom stereocenters. The highest BCUT2D eigenvalue weighted by molar-refractivity contribution is 7.91. The lowest BCUT2D eigenvalue weighted by molar-refractivity contribution is -0.383. The van der Waals surface area contributed by atoms with Crippen LogP contribution in [0.15, 0.2) is 22.7 Å². The zero-order valence-corrected chi connectivity index (χ0v) is 11.9. The van der Waals surface area contributed by atoms with Crippen LogP contribution >= 0.6 is 11.3 Å². The molecule has 2 aromatic rings. The number of hydrogen-bond donors (Lipinski definition) is 3. The maximum Gasteiger partial charge on any atom is 0.304 e. The second-order valence-corrected chi connectivity index (χ2v) is 6.97. The van der Waals surface area contributed by atoms with Gasteiger partial charge in [-0.15, -0.1) is 0 Å². The quantitative estimate of drug-likeness (QED) is 0.554. The van der Waals surface area contributed by atoms with Crippen LogP contribution in [0.4, 0.5) is 10.7 Å². The Kier molecular flexibility index (Phi) is 3.74. The Morgan fingerprint density at radius 2 is 2.30 bits per heavy atom. The van der Waals surface area contributed by atoms with E-state index in [0.29, 0.717) is 16.9 Å². The third-order valence-electron chi connectivity index (χ3n) is 2.53. The molecular formula is C9H11N5O4S2. The molecule has 0 aliphatic rings. The first-order valence-corrected chi connectivity index (χ1v) is 7.66. The van der Waals surface area contributed by atoms with Gasteiger partial charge in [-0.2, -0.15) is 5.10 Å². The molecule has 0 aliphatic carbocycles. The summed E-state index contributed by atoms with van der Waals surface area (Å²) in [6, 6.07) is 0.422. The highest BCUT2D eigenvalue weighted by atomic mass is 32.2. The smallest absolute Gasteiger partial charge is 0.304 e. The maximum atomic E-state index is 12.1. The van der Waals surface area contributed by atoms with Crippen molar-refractivity contribution in [3.05, 3.63) is 34.1 Å². The zero-order chi connectivity index (χ0) is 14.9. The van der Waals surface area contributed by atoms with Gasteiger partial charge >= 0.3 is 5.69 Å². The van der Waals surface area contributed by atoms with E-state index in [1.807, 2.05) is 0 Å². The lowest BCUT2D eigenvalue weighted by Gasteiger charge is -2.10.